The number of esters is 2. The fourth-order valence-corrected chi connectivity index (χ4v) is 5.40. The predicted octanol–water partition coefficient (Wildman–Crippen LogP) is 11.7. The minimum atomic E-state index is -0.435. The van der Waals surface area contributed by atoms with Crippen molar-refractivity contribution in [3.8, 4) is 23.0 Å². The number of unbranched alkanes of at least 4 members (excludes halogenated alkanes) is 11. The third-order valence-corrected chi connectivity index (χ3v) is 8.46. The third kappa shape index (κ3) is 14.8. The molecule has 0 saturated carbocycles. The van der Waals surface area contributed by atoms with Gasteiger partial charge in [-0.2, -0.15) is 0 Å². The summed E-state index contributed by atoms with van der Waals surface area (Å²) in [6.45, 7) is 5.76. The van der Waals surface area contributed by atoms with Crippen molar-refractivity contribution in [1.82, 2.24) is 0 Å². The summed E-state index contributed by atoms with van der Waals surface area (Å²) in [4.78, 5) is 29.8. The van der Waals surface area contributed by atoms with Crippen LogP contribution in [0.4, 0.5) is 5.69 Å². The van der Waals surface area contributed by atoms with Crippen molar-refractivity contribution in [3.05, 3.63) is 114 Å². The van der Waals surface area contributed by atoms with Crippen molar-refractivity contribution in [2.24, 2.45) is 4.99 Å². The van der Waals surface area contributed by atoms with E-state index in [9.17, 15) is 9.59 Å². The van der Waals surface area contributed by atoms with Gasteiger partial charge in [-0.25, -0.2) is 9.59 Å². The Hall–Kier alpha value is -4.91. The first-order valence-corrected chi connectivity index (χ1v) is 18.7. The largest absolute Gasteiger partial charge is 0.494 e. The zero-order valence-corrected chi connectivity index (χ0v) is 30.3. The summed E-state index contributed by atoms with van der Waals surface area (Å²) in [6.07, 6.45) is 17.9. The predicted molar refractivity (Wildman–Crippen MR) is 205 cm³/mol. The topological polar surface area (TPSA) is 83.4 Å². The highest BCUT2D eigenvalue weighted by Gasteiger charge is 2.10. The van der Waals surface area contributed by atoms with Gasteiger partial charge in [-0.15, -0.1) is 0 Å². The molecule has 7 nitrogen and oxygen atoms in total. The fourth-order valence-electron chi connectivity index (χ4n) is 5.40. The van der Waals surface area contributed by atoms with Gasteiger partial charge in [-0.3, -0.25) is 4.99 Å². The van der Waals surface area contributed by atoms with Crippen LogP contribution >= 0.6 is 0 Å². The molecule has 0 amide bonds. The van der Waals surface area contributed by atoms with Crippen LogP contribution in [-0.2, 0) is 0 Å². The van der Waals surface area contributed by atoms with Crippen molar-refractivity contribution in [2.45, 2.75) is 97.3 Å². The molecule has 0 saturated heterocycles. The second-order valence-corrected chi connectivity index (χ2v) is 12.7. The summed E-state index contributed by atoms with van der Waals surface area (Å²) in [7, 11) is 0. The lowest BCUT2D eigenvalue weighted by molar-refractivity contribution is 0.0725. The first kappa shape index (κ1) is 38.9. The van der Waals surface area contributed by atoms with Gasteiger partial charge in [0, 0.05) is 6.21 Å². The molecule has 4 aromatic carbocycles. The summed E-state index contributed by atoms with van der Waals surface area (Å²) < 4.78 is 22.7. The summed E-state index contributed by atoms with van der Waals surface area (Å²) >= 11 is 0. The van der Waals surface area contributed by atoms with Crippen molar-refractivity contribution >= 4 is 23.8 Å². The molecule has 0 radical (unpaired) electrons. The molecule has 0 bridgehead atoms. The van der Waals surface area contributed by atoms with Gasteiger partial charge in [0.25, 0.3) is 0 Å². The SMILES string of the molecule is CCCCCCCCCCCCOc1ccc(C(=O)Oc2ccc(N=Cc3ccc(OC(=O)c4ccc(OCCCCC)cc4)cc3)cc2)cc1. The molecule has 270 valence electrons. The molecule has 0 heterocycles. The molecule has 0 spiro atoms. The van der Waals surface area contributed by atoms with Gasteiger partial charge in [-0.05, 0) is 115 Å². The lowest BCUT2D eigenvalue weighted by atomic mass is 10.1. The minimum absolute atomic E-state index is 0.431. The summed E-state index contributed by atoms with van der Waals surface area (Å²) in [5.74, 6) is 1.50. The molecular weight excluding hydrogens is 638 g/mol. The van der Waals surface area contributed by atoms with Crippen molar-refractivity contribution in [3.63, 3.8) is 0 Å². The van der Waals surface area contributed by atoms with Gasteiger partial charge in [0.2, 0.25) is 0 Å². The minimum Gasteiger partial charge on any atom is -0.494 e. The van der Waals surface area contributed by atoms with E-state index in [1.165, 1.54) is 57.8 Å². The zero-order chi connectivity index (χ0) is 35.9. The molecule has 0 N–H and O–H groups in total. The van der Waals surface area contributed by atoms with Crippen LogP contribution in [0.1, 0.15) is 124 Å². The monoisotopic (exact) mass is 691 g/mol. The molecule has 0 atom stereocenters. The number of aliphatic imine (C=N–C) groups is 1. The Morgan fingerprint density at radius 3 is 1.31 bits per heavy atom. The van der Waals surface area contributed by atoms with Gasteiger partial charge in [0.1, 0.15) is 23.0 Å². The fraction of sp³-hybridized carbons (Fsp3) is 0.386. The molecule has 0 unspecified atom stereocenters. The van der Waals surface area contributed by atoms with Gasteiger partial charge in [-0.1, -0.05) is 84.5 Å². The van der Waals surface area contributed by atoms with Crippen LogP contribution in [-0.4, -0.2) is 31.4 Å². The molecular formula is C44H53NO6. The number of rotatable bonds is 23. The van der Waals surface area contributed by atoms with Gasteiger partial charge in [0.05, 0.1) is 30.0 Å². The highest BCUT2D eigenvalue weighted by atomic mass is 16.5. The van der Waals surface area contributed by atoms with Crippen LogP contribution in [0.3, 0.4) is 0 Å². The Labute approximate surface area is 304 Å². The first-order chi connectivity index (χ1) is 25.0. The van der Waals surface area contributed by atoms with Crippen molar-refractivity contribution in [1.29, 1.82) is 0 Å². The van der Waals surface area contributed by atoms with Crippen LogP contribution in [0.2, 0.25) is 0 Å². The van der Waals surface area contributed by atoms with Crippen molar-refractivity contribution in [2.75, 3.05) is 13.2 Å². The number of carbonyl (C=O) groups is 2. The van der Waals surface area contributed by atoms with E-state index in [4.69, 9.17) is 18.9 Å². The second kappa shape index (κ2) is 22.7. The van der Waals surface area contributed by atoms with E-state index >= 15 is 0 Å². The molecule has 0 fully saturated rings. The number of nitrogens with zero attached hydrogens (tertiary/aromatic N) is 1. The quantitative estimate of drug-likeness (QED) is 0.0333. The smallest absolute Gasteiger partial charge is 0.343 e. The Kier molecular flexibility index (Phi) is 17.3. The van der Waals surface area contributed by atoms with Crippen molar-refractivity contribution < 1.29 is 28.5 Å². The lowest BCUT2D eigenvalue weighted by Gasteiger charge is -2.08. The van der Waals surface area contributed by atoms with Crippen LogP contribution in [0.25, 0.3) is 0 Å². The van der Waals surface area contributed by atoms with E-state index in [2.05, 4.69) is 18.8 Å². The molecule has 51 heavy (non-hydrogen) atoms. The molecule has 0 aliphatic rings. The number of benzene rings is 4. The normalized spacial score (nSPS) is 11.0. The highest BCUT2D eigenvalue weighted by molar-refractivity contribution is 5.92. The van der Waals surface area contributed by atoms with E-state index in [0.717, 1.165) is 42.7 Å². The van der Waals surface area contributed by atoms with E-state index in [1.807, 2.05) is 24.3 Å². The maximum Gasteiger partial charge on any atom is 0.343 e. The van der Waals surface area contributed by atoms with E-state index < -0.39 is 11.9 Å². The van der Waals surface area contributed by atoms with Crippen LogP contribution in [0.5, 0.6) is 23.0 Å². The average molecular weight is 692 g/mol. The van der Waals surface area contributed by atoms with Crippen LogP contribution in [0.15, 0.2) is 102 Å². The summed E-state index contributed by atoms with van der Waals surface area (Å²) in [5.41, 5.74) is 2.45. The molecule has 7 heteroatoms. The molecule has 4 aromatic rings. The molecule has 0 aliphatic heterocycles. The number of ether oxygens (including phenoxy) is 4. The van der Waals surface area contributed by atoms with E-state index in [0.29, 0.717) is 41.5 Å². The number of hydrogen-bond donors (Lipinski definition) is 0. The Balaban J connectivity index is 1.14. The summed E-state index contributed by atoms with van der Waals surface area (Å²) in [6, 6.07) is 28.1. The Morgan fingerprint density at radius 1 is 0.471 bits per heavy atom. The highest BCUT2D eigenvalue weighted by Crippen LogP contribution is 2.22. The number of hydrogen-bond acceptors (Lipinski definition) is 7. The lowest BCUT2D eigenvalue weighted by Crippen LogP contribution is -2.08. The third-order valence-electron chi connectivity index (χ3n) is 8.46. The van der Waals surface area contributed by atoms with Gasteiger partial charge in [0.15, 0.2) is 0 Å². The van der Waals surface area contributed by atoms with Gasteiger partial charge < -0.3 is 18.9 Å². The zero-order valence-electron chi connectivity index (χ0n) is 30.3. The van der Waals surface area contributed by atoms with Gasteiger partial charge >= 0.3 is 11.9 Å². The maximum atomic E-state index is 12.7. The van der Waals surface area contributed by atoms with E-state index in [-0.39, 0.29) is 0 Å². The Morgan fingerprint density at radius 2 is 0.843 bits per heavy atom. The number of carbonyl (C=O) groups excluding carboxylic acids is 2. The molecule has 4 rings (SSSR count). The average Bonchev–Trinajstić information content (AvgIpc) is 3.16. The Bertz CT molecular complexity index is 1600. The molecule has 0 aliphatic carbocycles. The first-order valence-electron chi connectivity index (χ1n) is 18.7. The molecule has 0 aromatic heterocycles. The second-order valence-electron chi connectivity index (χ2n) is 12.7. The summed E-state index contributed by atoms with van der Waals surface area (Å²) in [5, 5.41) is 0. The maximum absolute atomic E-state index is 12.7. The van der Waals surface area contributed by atoms with Crippen LogP contribution in [0, 0.1) is 0 Å². The van der Waals surface area contributed by atoms with Crippen LogP contribution < -0.4 is 18.9 Å². The standard InChI is InChI=1S/C44H53NO6/c1-3-5-7-8-9-10-11-12-13-15-33-49-40-28-20-37(21-29-40)44(47)51-42-30-22-38(23-31-42)45-34-35-16-24-41(25-17-35)50-43(46)36-18-26-39(27-19-36)48-32-14-6-4-2/h16-31,34H,3-15,32-33H2,1-2H3. The van der Waals surface area contributed by atoms with E-state index in [1.54, 1.807) is 79.0 Å².